The molecule has 1 rings (SSSR count). The Morgan fingerprint density at radius 2 is 1.85 bits per heavy atom. The van der Waals surface area contributed by atoms with E-state index in [0.717, 1.165) is 5.56 Å². The Morgan fingerprint density at radius 3 is 2.35 bits per heavy atom. The number of carbonyl (C=O) groups excluding carboxylic acids is 1. The Balaban J connectivity index is 2.64. The van der Waals surface area contributed by atoms with Crippen LogP contribution < -0.4 is 10.1 Å². The first-order chi connectivity index (χ1) is 9.45. The number of para-hydroxylation sites is 1. The van der Waals surface area contributed by atoms with E-state index in [1.165, 1.54) is 0 Å². The maximum Gasteiger partial charge on any atom is 0.329 e. The Bertz CT molecular complexity index is 481. The maximum atomic E-state index is 11.9. The minimum Gasteiger partial charge on any atom is -0.484 e. The number of ether oxygens (including phenoxy) is 1. The molecule has 0 heterocycles. The Hall–Kier alpha value is -2.04. The predicted octanol–water partition coefficient (Wildman–Crippen LogP) is 2.13. The summed E-state index contributed by atoms with van der Waals surface area (Å²) in [5, 5.41) is 11.8. The van der Waals surface area contributed by atoms with Gasteiger partial charge in [-0.2, -0.15) is 0 Å². The van der Waals surface area contributed by atoms with Gasteiger partial charge in [0.2, 0.25) is 0 Å². The van der Waals surface area contributed by atoms with Crippen molar-refractivity contribution in [2.45, 2.75) is 39.2 Å². The Morgan fingerprint density at radius 1 is 1.25 bits per heavy atom. The minimum absolute atomic E-state index is 0.195. The van der Waals surface area contributed by atoms with Crippen molar-refractivity contribution in [3.05, 3.63) is 29.8 Å². The number of carboxylic acids is 1. The van der Waals surface area contributed by atoms with Crippen molar-refractivity contribution in [3.63, 3.8) is 0 Å². The highest BCUT2D eigenvalue weighted by atomic mass is 16.5. The molecule has 0 aliphatic heterocycles. The van der Waals surface area contributed by atoms with E-state index in [-0.39, 0.29) is 6.61 Å². The van der Waals surface area contributed by atoms with Crippen LogP contribution in [-0.2, 0) is 9.59 Å². The number of aliphatic carboxylic acids is 1. The largest absolute Gasteiger partial charge is 0.484 e. The number of nitrogens with one attached hydrogen (secondary N) is 1. The molecule has 5 heteroatoms. The molecule has 1 aromatic rings. The zero-order valence-corrected chi connectivity index (χ0v) is 12.1. The van der Waals surface area contributed by atoms with Crippen LogP contribution in [0.5, 0.6) is 5.75 Å². The third-order valence-corrected chi connectivity index (χ3v) is 3.45. The van der Waals surface area contributed by atoms with Gasteiger partial charge in [0.05, 0.1) is 0 Å². The molecule has 20 heavy (non-hydrogen) atoms. The van der Waals surface area contributed by atoms with Crippen LogP contribution in [0.3, 0.4) is 0 Å². The normalized spacial score (nSPS) is 10.9. The average Bonchev–Trinajstić information content (AvgIpc) is 2.43. The molecule has 5 nitrogen and oxygen atoms in total. The van der Waals surface area contributed by atoms with Crippen molar-refractivity contribution in [1.82, 2.24) is 5.32 Å². The molecule has 0 bridgehead atoms. The van der Waals surface area contributed by atoms with Gasteiger partial charge in [-0.15, -0.1) is 0 Å². The second kappa shape index (κ2) is 6.93. The van der Waals surface area contributed by atoms with Gasteiger partial charge in [0.25, 0.3) is 5.91 Å². The summed E-state index contributed by atoms with van der Waals surface area (Å²) >= 11 is 0. The Labute approximate surface area is 118 Å². The second-order valence-electron chi connectivity index (χ2n) is 4.70. The number of hydrogen-bond donors (Lipinski definition) is 2. The van der Waals surface area contributed by atoms with E-state index in [1.54, 1.807) is 19.9 Å². The summed E-state index contributed by atoms with van der Waals surface area (Å²) in [7, 11) is 0. The third kappa shape index (κ3) is 3.73. The number of amides is 1. The molecule has 0 unspecified atom stereocenters. The van der Waals surface area contributed by atoms with E-state index < -0.39 is 17.4 Å². The van der Waals surface area contributed by atoms with Crippen LogP contribution in [0.4, 0.5) is 0 Å². The summed E-state index contributed by atoms with van der Waals surface area (Å²) in [6.45, 7) is 5.16. The first kappa shape index (κ1) is 16.0. The number of rotatable bonds is 7. The molecule has 0 spiro atoms. The van der Waals surface area contributed by atoms with Crippen LogP contribution in [0.25, 0.3) is 0 Å². The zero-order chi connectivity index (χ0) is 15.2. The average molecular weight is 279 g/mol. The summed E-state index contributed by atoms with van der Waals surface area (Å²) in [5.41, 5.74) is -0.289. The van der Waals surface area contributed by atoms with E-state index in [4.69, 9.17) is 4.74 Å². The standard InChI is InChI=1S/C15H21NO4/c1-4-15(5-2,14(18)19)16-13(17)10-20-12-9-7-6-8-11(12)3/h6-9H,4-5,10H2,1-3H3,(H,16,17)(H,18,19). The molecule has 0 aromatic heterocycles. The van der Waals surface area contributed by atoms with Gasteiger partial charge in [-0.05, 0) is 31.4 Å². The third-order valence-electron chi connectivity index (χ3n) is 3.45. The number of aryl methyl sites for hydroxylation is 1. The zero-order valence-electron chi connectivity index (χ0n) is 12.1. The van der Waals surface area contributed by atoms with Crippen LogP contribution in [0.15, 0.2) is 24.3 Å². The van der Waals surface area contributed by atoms with E-state index in [2.05, 4.69) is 5.32 Å². The van der Waals surface area contributed by atoms with Crippen molar-refractivity contribution in [2.75, 3.05) is 6.61 Å². The summed E-state index contributed by atoms with van der Waals surface area (Å²) in [4.78, 5) is 23.2. The van der Waals surface area contributed by atoms with E-state index in [0.29, 0.717) is 18.6 Å². The SMILES string of the molecule is CCC(CC)(NC(=O)COc1ccccc1C)C(=O)O. The molecule has 0 fully saturated rings. The topological polar surface area (TPSA) is 75.6 Å². The molecule has 2 N–H and O–H groups in total. The first-order valence-electron chi connectivity index (χ1n) is 6.68. The van der Waals surface area contributed by atoms with Crippen LogP contribution >= 0.6 is 0 Å². The number of hydrogen-bond acceptors (Lipinski definition) is 3. The number of benzene rings is 1. The van der Waals surface area contributed by atoms with Crippen LogP contribution in [0.2, 0.25) is 0 Å². The number of carbonyl (C=O) groups is 2. The van der Waals surface area contributed by atoms with E-state index >= 15 is 0 Å². The highest BCUT2D eigenvalue weighted by Gasteiger charge is 2.36. The van der Waals surface area contributed by atoms with Gasteiger partial charge in [0.1, 0.15) is 11.3 Å². The molecule has 110 valence electrons. The summed E-state index contributed by atoms with van der Waals surface area (Å²) in [6, 6.07) is 7.35. The Kier molecular flexibility index (Phi) is 5.55. The van der Waals surface area contributed by atoms with Crippen molar-refractivity contribution in [1.29, 1.82) is 0 Å². The van der Waals surface area contributed by atoms with Gasteiger partial charge in [0, 0.05) is 0 Å². The van der Waals surface area contributed by atoms with Crippen LogP contribution in [-0.4, -0.2) is 29.1 Å². The molecule has 1 amide bonds. The molecule has 0 radical (unpaired) electrons. The molecule has 0 saturated carbocycles. The lowest BCUT2D eigenvalue weighted by atomic mass is 9.93. The van der Waals surface area contributed by atoms with Gasteiger partial charge in [0.15, 0.2) is 6.61 Å². The molecular weight excluding hydrogens is 258 g/mol. The lowest BCUT2D eigenvalue weighted by molar-refractivity contribution is -0.148. The maximum absolute atomic E-state index is 11.9. The highest BCUT2D eigenvalue weighted by Crippen LogP contribution is 2.17. The van der Waals surface area contributed by atoms with Gasteiger partial charge in [-0.1, -0.05) is 32.0 Å². The van der Waals surface area contributed by atoms with Gasteiger partial charge in [-0.25, -0.2) is 4.79 Å². The minimum atomic E-state index is -1.22. The van der Waals surface area contributed by atoms with Crippen molar-refractivity contribution in [2.24, 2.45) is 0 Å². The van der Waals surface area contributed by atoms with Crippen LogP contribution in [0, 0.1) is 6.92 Å². The lowest BCUT2D eigenvalue weighted by Gasteiger charge is -2.28. The monoisotopic (exact) mass is 279 g/mol. The predicted molar refractivity (Wildman–Crippen MR) is 75.8 cm³/mol. The fourth-order valence-electron chi connectivity index (χ4n) is 1.95. The first-order valence-corrected chi connectivity index (χ1v) is 6.68. The number of carboxylic acid groups (broad SMARTS) is 1. The summed E-state index contributed by atoms with van der Waals surface area (Å²) in [5.74, 6) is -0.831. The van der Waals surface area contributed by atoms with Gasteiger partial charge >= 0.3 is 5.97 Å². The smallest absolute Gasteiger partial charge is 0.329 e. The summed E-state index contributed by atoms with van der Waals surface area (Å²) in [6.07, 6.45) is 0.657. The van der Waals surface area contributed by atoms with Crippen molar-refractivity contribution >= 4 is 11.9 Å². The van der Waals surface area contributed by atoms with E-state index in [9.17, 15) is 14.7 Å². The summed E-state index contributed by atoms with van der Waals surface area (Å²) < 4.78 is 5.41. The van der Waals surface area contributed by atoms with Gasteiger partial charge < -0.3 is 15.2 Å². The quantitative estimate of drug-likeness (QED) is 0.801. The molecule has 0 aliphatic carbocycles. The fourth-order valence-corrected chi connectivity index (χ4v) is 1.95. The molecular formula is C15H21NO4. The molecule has 0 atom stereocenters. The molecule has 1 aromatic carbocycles. The lowest BCUT2D eigenvalue weighted by Crippen LogP contribution is -2.54. The fraction of sp³-hybridized carbons (Fsp3) is 0.467. The second-order valence-corrected chi connectivity index (χ2v) is 4.70. The van der Waals surface area contributed by atoms with E-state index in [1.807, 2.05) is 25.1 Å². The van der Waals surface area contributed by atoms with Crippen molar-refractivity contribution < 1.29 is 19.4 Å². The molecule has 0 aliphatic rings. The molecule has 0 saturated heterocycles. The van der Waals surface area contributed by atoms with Crippen molar-refractivity contribution in [3.8, 4) is 5.75 Å². The van der Waals surface area contributed by atoms with Crippen LogP contribution in [0.1, 0.15) is 32.3 Å². The van der Waals surface area contributed by atoms with Gasteiger partial charge in [-0.3, -0.25) is 4.79 Å². The highest BCUT2D eigenvalue weighted by molar-refractivity contribution is 5.87.